The number of benzene rings is 2. The Morgan fingerprint density at radius 3 is 1.97 bits per heavy atom. The van der Waals surface area contributed by atoms with Crippen molar-refractivity contribution in [2.75, 3.05) is 48.1 Å². The molecule has 37 heavy (non-hydrogen) atoms. The number of halogens is 1. The molecule has 0 radical (unpaired) electrons. The Balaban J connectivity index is 0.00000190. The minimum absolute atomic E-state index is 0. The van der Waals surface area contributed by atoms with Crippen LogP contribution in [0.15, 0.2) is 24.3 Å². The summed E-state index contributed by atoms with van der Waals surface area (Å²) in [5.74, 6) is 4.69. The smallest absolute Gasteiger partial charge is 0.161 e. The van der Waals surface area contributed by atoms with E-state index in [1.165, 1.54) is 41.6 Å². The number of methoxy groups -OCH3 is 4. The monoisotopic (exact) mass is 534 g/mol. The lowest BCUT2D eigenvalue weighted by Crippen LogP contribution is -2.46. The van der Waals surface area contributed by atoms with Crippen molar-refractivity contribution >= 4 is 12.4 Å². The average molecular weight is 535 g/mol. The summed E-state index contributed by atoms with van der Waals surface area (Å²) >= 11 is 0. The summed E-state index contributed by atoms with van der Waals surface area (Å²) in [5.41, 5.74) is 5.60. The van der Waals surface area contributed by atoms with Crippen LogP contribution in [0.25, 0.3) is 0 Å². The first-order valence-electron chi connectivity index (χ1n) is 13.1. The van der Waals surface area contributed by atoms with Crippen molar-refractivity contribution in [1.29, 1.82) is 0 Å². The lowest BCUT2D eigenvalue weighted by atomic mass is 9.72. The molecule has 2 aromatic carbocycles. The van der Waals surface area contributed by atoms with Crippen molar-refractivity contribution in [2.24, 2.45) is 11.8 Å². The second-order valence-electron chi connectivity index (χ2n) is 10.2. The van der Waals surface area contributed by atoms with Gasteiger partial charge in [0.25, 0.3) is 0 Å². The molecule has 0 aliphatic carbocycles. The largest absolute Gasteiger partial charge is 0.493 e. The number of fused-ring (bicyclic) bond motifs is 4. The lowest BCUT2D eigenvalue weighted by Gasteiger charge is -2.48. The molecule has 0 unspecified atom stereocenters. The predicted octanol–water partition coefficient (Wildman–Crippen LogP) is 4.54. The van der Waals surface area contributed by atoms with Gasteiger partial charge in [0.15, 0.2) is 23.0 Å². The molecular formula is C29H43ClN2O5. The molecule has 3 N–H and O–H groups in total. The van der Waals surface area contributed by atoms with Crippen LogP contribution >= 0.6 is 12.4 Å². The minimum Gasteiger partial charge on any atom is -0.493 e. The zero-order valence-corrected chi connectivity index (χ0v) is 23.6. The van der Waals surface area contributed by atoms with Crippen LogP contribution in [0.2, 0.25) is 0 Å². The standard InChI is InChI=1S/C29H40N2O4.ClH.H2O/c1-6-18-17-31-10-8-20-14-27(33-3)29(35-5)16-23(20)25(31)12-21(18)11-24-22-15-28(34-4)26(32-2)13-19(22)7-9-30-24;;/h13-16,18,21,24-25,30H,6-12,17H2,1-5H3;1H;1H2/t18-,21+,24-,25-;;/m1../s1. The molecular weight excluding hydrogens is 492 g/mol. The summed E-state index contributed by atoms with van der Waals surface area (Å²) in [6.07, 6.45) is 5.65. The van der Waals surface area contributed by atoms with Crippen LogP contribution in [0, 0.1) is 11.8 Å². The zero-order valence-electron chi connectivity index (χ0n) is 22.8. The molecule has 0 amide bonds. The van der Waals surface area contributed by atoms with Gasteiger partial charge in [-0.15, -0.1) is 12.4 Å². The van der Waals surface area contributed by atoms with Crippen LogP contribution < -0.4 is 24.3 Å². The fourth-order valence-electron chi connectivity index (χ4n) is 6.74. The molecule has 3 heterocycles. The molecule has 1 saturated heterocycles. The maximum Gasteiger partial charge on any atom is 0.161 e. The summed E-state index contributed by atoms with van der Waals surface area (Å²) < 4.78 is 22.5. The number of nitrogens with one attached hydrogen (secondary N) is 1. The van der Waals surface area contributed by atoms with Crippen LogP contribution in [0.1, 0.15) is 60.5 Å². The van der Waals surface area contributed by atoms with E-state index >= 15 is 0 Å². The molecule has 7 nitrogen and oxygen atoms in total. The highest BCUT2D eigenvalue weighted by Crippen LogP contribution is 2.48. The Morgan fingerprint density at radius 1 is 0.811 bits per heavy atom. The fourth-order valence-corrected chi connectivity index (χ4v) is 6.74. The number of hydrogen-bond donors (Lipinski definition) is 1. The summed E-state index contributed by atoms with van der Waals surface area (Å²) in [5, 5.41) is 3.83. The Labute approximate surface area is 227 Å². The van der Waals surface area contributed by atoms with Crippen molar-refractivity contribution in [1.82, 2.24) is 10.2 Å². The van der Waals surface area contributed by atoms with Gasteiger partial charge in [-0.1, -0.05) is 13.3 Å². The minimum atomic E-state index is 0. The second-order valence-corrected chi connectivity index (χ2v) is 10.2. The Kier molecular flexibility index (Phi) is 9.98. The van der Waals surface area contributed by atoms with E-state index in [-0.39, 0.29) is 17.9 Å². The average Bonchev–Trinajstić information content (AvgIpc) is 2.91. The molecule has 2 aromatic rings. The van der Waals surface area contributed by atoms with E-state index < -0.39 is 0 Å². The molecule has 0 bridgehead atoms. The number of nitrogens with zero attached hydrogens (tertiary/aromatic N) is 1. The predicted molar refractivity (Wildman–Crippen MR) is 149 cm³/mol. The maximum atomic E-state index is 5.68. The number of rotatable bonds is 7. The van der Waals surface area contributed by atoms with Crippen LogP contribution in [0.5, 0.6) is 23.0 Å². The summed E-state index contributed by atoms with van der Waals surface area (Å²) in [6.45, 7) is 5.66. The highest BCUT2D eigenvalue weighted by molar-refractivity contribution is 5.85. The van der Waals surface area contributed by atoms with Gasteiger partial charge in [0.2, 0.25) is 0 Å². The molecule has 206 valence electrons. The Morgan fingerprint density at radius 2 is 1.38 bits per heavy atom. The second kappa shape index (κ2) is 12.6. The van der Waals surface area contributed by atoms with Crippen LogP contribution in [0.4, 0.5) is 0 Å². The molecule has 8 heteroatoms. The van der Waals surface area contributed by atoms with Gasteiger partial charge in [0.1, 0.15) is 0 Å². The maximum absolute atomic E-state index is 5.68. The van der Waals surface area contributed by atoms with Gasteiger partial charge in [-0.3, -0.25) is 4.90 Å². The first-order valence-corrected chi connectivity index (χ1v) is 13.1. The van der Waals surface area contributed by atoms with Crippen molar-refractivity contribution < 1.29 is 24.4 Å². The van der Waals surface area contributed by atoms with Crippen molar-refractivity contribution in [3.05, 3.63) is 46.5 Å². The van der Waals surface area contributed by atoms with Crippen LogP contribution in [-0.4, -0.2) is 58.4 Å². The summed E-state index contributed by atoms with van der Waals surface area (Å²) in [4.78, 5) is 2.72. The van der Waals surface area contributed by atoms with Crippen molar-refractivity contribution in [3.63, 3.8) is 0 Å². The van der Waals surface area contributed by atoms with Gasteiger partial charge < -0.3 is 29.7 Å². The van der Waals surface area contributed by atoms with Gasteiger partial charge in [-0.2, -0.15) is 0 Å². The molecule has 0 saturated carbocycles. The van der Waals surface area contributed by atoms with E-state index in [0.717, 1.165) is 55.4 Å². The van der Waals surface area contributed by atoms with Crippen LogP contribution in [-0.2, 0) is 12.8 Å². The van der Waals surface area contributed by atoms with E-state index in [2.05, 4.69) is 41.4 Å². The van der Waals surface area contributed by atoms with E-state index in [4.69, 9.17) is 18.9 Å². The third-order valence-electron chi connectivity index (χ3n) is 8.64. The van der Waals surface area contributed by atoms with Crippen molar-refractivity contribution in [2.45, 2.75) is 51.1 Å². The normalized spacial score (nSPS) is 24.4. The Hall–Kier alpha value is -2.19. The summed E-state index contributed by atoms with van der Waals surface area (Å²) in [6, 6.07) is 9.61. The van der Waals surface area contributed by atoms with Crippen molar-refractivity contribution in [3.8, 4) is 23.0 Å². The Bertz CT molecular complexity index is 1060. The number of ether oxygens (including phenoxy) is 4. The third-order valence-corrected chi connectivity index (χ3v) is 8.64. The molecule has 0 aromatic heterocycles. The molecule has 5 rings (SSSR count). The third kappa shape index (κ3) is 5.51. The van der Waals surface area contributed by atoms with Gasteiger partial charge in [0.05, 0.1) is 28.4 Å². The molecule has 1 fully saturated rings. The topological polar surface area (TPSA) is 83.7 Å². The van der Waals surface area contributed by atoms with E-state index in [1.807, 2.05) is 0 Å². The quantitative estimate of drug-likeness (QED) is 0.561. The van der Waals surface area contributed by atoms with Gasteiger partial charge in [-0.05, 0) is 90.6 Å². The number of piperidine rings is 1. The van der Waals surface area contributed by atoms with E-state index in [0.29, 0.717) is 23.9 Å². The first-order chi connectivity index (χ1) is 17.1. The molecule has 4 atom stereocenters. The molecule has 3 aliphatic rings. The van der Waals surface area contributed by atoms with Gasteiger partial charge in [-0.25, -0.2) is 0 Å². The highest BCUT2D eigenvalue weighted by atomic mass is 35.5. The highest BCUT2D eigenvalue weighted by Gasteiger charge is 2.40. The zero-order chi connectivity index (χ0) is 24.5. The first kappa shape index (κ1) is 29.4. The van der Waals surface area contributed by atoms with Gasteiger partial charge >= 0.3 is 0 Å². The van der Waals surface area contributed by atoms with Gasteiger partial charge in [0, 0.05) is 25.2 Å². The lowest BCUT2D eigenvalue weighted by molar-refractivity contribution is 0.0434. The SMILES string of the molecule is CC[C@@H]1CN2CCc3cc(OC)c(OC)cc3[C@H]2C[C@@H]1C[C@H]1NCCc2cc(OC)c(OC)cc21.Cl.O. The summed E-state index contributed by atoms with van der Waals surface area (Å²) in [7, 11) is 6.90. The van der Waals surface area contributed by atoms with E-state index in [1.54, 1.807) is 28.4 Å². The van der Waals surface area contributed by atoms with E-state index in [9.17, 15) is 0 Å². The number of hydrogen-bond acceptors (Lipinski definition) is 6. The molecule has 0 spiro atoms. The fraction of sp³-hybridized carbons (Fsp3) is 0.586. The van der Waals surface area contributed by atoms with Crippen LogP contribution in [0.3, 0.4) is 0 Å². The molecule has 3 aliphatic heterocycles.